The number of carbonyl (C=O) groups excluding carboxylic acids is 2. The molecule has 162 valence electrons. The molecule has 0 aliphatic carbocycles. The molecule has 0 aliphatic heterocycles. The quantitative estimate of drug-likeness (QED) is 0.692. The van der Waals surface area contributed by atoms with Crippen molar-refractivity contribution in [2.45, 2.75) is 45.3 Å². The normalized spacial score (nSPS) is 12.3. The third-order valence-corrected chi connectivity index (χ3v) is 4.54. The van der Waals surface area contributed by atoms with E-state index in [1.54, 1.807) is 12.1 Å². The Bertz CT molecular complexity index is 812. The molecule has 1 atom stereocenters. The molecule has 30 heavy (non-hydrogen) atoms. The van der Waals surface area contributed by atoms with Gasteiger partial charge in [-0.1, -0.05) is 42.5 Å². The molecule has 2 amide bonds. The Morgan fingerprint density at radius 1 is 0.967 bits per heavy atom. The van der Waals surface area contributed by atoms with Crippen LogP contribution in [0.1, 0.15) is 31.9 Å². The standard InChI is InChI=1S/C24H33N3O3/c1-24(2,3)30-23(29)26-20-13-11-19(12-14-20)16-22(28)25-17-21(27(4)5)15-18-9-7-6-8-10-18/h6-14,21H,15-17H2,1-5H3,(H,25,28)(H,26,29)/t21-/m1/s1. The van der Waals surface area contributed by atoms with Crippen molar-refractivity contribution >= 4 is 17.7 Å². The van der Waals surface area contributed by atoms with E-state index in [2.05, 4.69) is 27.7 Å². The van der Waals surface area contributed by atoms with E-state index in [0.717, 1.165) is 12.0 Å². The molecular weight excluding hydrogens is 378 g/mol. The van der Waals surface area contributed by atoms with Gasteiger partial charge in [-0.25, -0.2) is 4.79 Å². The van der Waals surface area contributed by atoms with Crippen molar-refractivity contribution in [1.82, 2.24) is 10.2 Å². The van der Waals surface area contributed by atoms with E-state index >= 15 is 0 Å². The van der Waals surface area contributed by atoms with Gasteiger partial charge < -0.3 is 15.0 Å². The van der Waals surface area contributed by atoms with E-state index in [4.69, 9.17) is 4.74 Å². The summed E-state index contributed by atoms with van der Waals surface area (Å²) in [6.07, 6.45) is 0.665. The fourth-order valence-corrected chi connectivity index (χ4v) is 2.93. The monoisotopic (exact) mass is 411 g/mol. The largest absolute Gasteiger partial charge is 0.444 e. The summed E-state index contributed by atoms with van der Waals surface area (Å²) in [6, 6.07) is 17.7. The highest BCUT2D eigenvalue weighted by Gasteiger charge is 2.16. The highest BCUT2D eigenvalue weighted by atomic mass is 16.6. The fraction of sp³-hybridized carbons (Fsp3) is 0.417. The van der Waals surface area contributed by atoms with Crippen molar-refractivity contribution in [3.63, 3.8) is 0 Å². The maximum Gasteiger partial charge on any atom is 0.412 e. The Balaban J connectivity index is 1.83. The number of amides is 2. The second-order valence-electron chi connectivity index (χ2n) is 8.61. The summed E-state index contributed by atoms with van der Waals surface area (Å²) in [7, 11) is 4.05. The Morgan fingerprint density at radius 3 is 2.17 bits per heavy atom. The van der Waals surface area contributed by atoms with Crippen molar-refractivity contribution in [1.29, 1.82) is 0 Å². The summed E-state index contributed by atoms with van der Waals surface area (Å²) in [5, 5.41) is 5.72. The maximum absolute atomic E-state index is 12.4. The number of ether oxygens (including phenoxy) is 1. The number of nitrogens with one attached hydrogen (secondary N) is 2. The Kier molecular flexibility index (Phi) is 8.42. The molecular formula is C24H33N3O3. The lowest BCUT2D eigenvalue weighted by molar-refractivity contribution is -0.120. The highest BCUT2D eigenvalue weighted by Crippen LogP contribution is 2.13. The van der Waals surface area contributed by atoms with Gasteiger partial charge in [0.25, 0.3) is 0 Å². The minimum absolute atomic E-state index is 0.0252. The molecule has 0 unspecified atom stereocenters. The van der Waals surface area contributed by atoms with Crippen LogP contribution in [-0.4, -0.2) is 49.2 Å². The lowest BCUT2D eigenvalue weighted by Crippen LogP contribution is -2.42. The predicted octanol–water partition coefficient (Wildman–Crippen LogP) is 3.87. The number of rotatable bonds is 8. The van der Waals surface area contributed by atoms with E-state index in [-0.39, 0.29) is 18.4 Å². The molecule has 0 aromatic heterocycles. The summed E-state index contributed by atoms with van der Waals surface area (Å²) < 4.78 is 5.23. The Hall–Kier alpha value is -2.86. The molecule has 0 saturated carbocycles. The zero-order valence-corrected chi connectivity index (χ0v) is 18.6. The first-order valence-electron chi connectivity index (χ1n) is 10.2. The third kappa shape index (κ3) is 8.66. The summed E-state index contributed by atoms with van der Waals surface area (Å²) in [5.41, 5.74) is 2.21. The number of hydrogen-bond acceptors (Lipinski definition) is 4. The van der Waals surface area contributed by atoms with Crippen LogP contribution in [0.15, 0.2) is 54.6 Å². The number of hydrogen-bond donors (Lipinski definition) is 2. The topological polar surface area (TPSA) is 70.7 Å². The molecule has 2 rings (SSSR count). The van der Waals surface area contributed by atoms with Gasteiger partial charge in [0, 0.05) is 18.3 Å². The molecule has 0 radical (unpaired) electrons. The van der Waals surface area contributed by atoms with Gasteiger partial charge in [-0.15, -0.1) is 0 Å². The molecule has 0 fully saturated rings. The van der Waals surface area contributed by atoms with Gasteiger partial charge in [-0.05, 0) is 64.5 Å². The first kappa shape index (κ1) is 23.4. The van der Waals surface area contributed by atoms with Gasteiger partial charge in [0.15, 0.2) is 0 Å². The molecule has 0 aliphatic rings. The summed E-state index contributed by atoms with van der Waals surface area (Å²) in [6.45, 7) is 6.03. The van der Waals surface area contributed by atoms with Gasteiger partial charge in [0.1, 0.15) is 5.60 Å². The molecule has 6 nitrogen and oxygen atoms in total. The van der Waals surface area contributed by atoms with Crippen LogP contribution in [0.25, 0.3) is 0 Å². The van der Waals surface area contributed by atoms with E-state index in [0.29, 0.717) is 12.2 Å². The zero-order valence-electron chi connectivity index (χ0n) is 18.6. The van der Waals surface area contributed by atoms with Crippen LogP contribution in [0.4, 0.5) is 10.5 Å². The summed E-state index contributed by atoms with van der Waals surface area (Å²) in [5.74, 6) is -0.0252. The Morgan fingerprint density at radius 2 is 1.60 bits per heavy atom. The third-order valence-electron chi connectivity index (χ3n) is 4.54. The lowest BCUT2D eigenvalue weighted by atomic mass is 10.0. The smallest absolute Gasteiger partial charge is 0.412 e. The van der Waals surface area contributed by atoms with Crippen LogP contribution in [-0.2, 0) is 22.4 Å². The molecule has 2 aromatic rings. The number of carbonyl (C=O) groups is 2. The number of anilines is 1. The van der Waals surface area contributed by atoms with Crippen molar-refractivity contribution in [3.8, 4) is 0 Å². The van der Waals surface area contributed by atoms with Gasteiger partial charge in [0.2, 0.25) is 5.91 Å². The van der Waals surface area contributed by atoms with Crippen LogP contribution >= 0.6 is 0 Å². The van der Waals surface area contributed by atoms with Gasteiger partial charge in [-0.2, -0.15) is 0 Å². The van der Waals surface area contributed by atoms with Crippen LogP contribution in [0.3, 0.4) is 0 Å². The minimum Gasteiger partial charge on any atom is -0.444 e. The average molecular weight is 412 g/mol. The molecule has 0 spiro atoms. The van der Waals surface area contributed by atoms with Crippen molar-refractivity contribution in [3.05, 3.63) is 65.7 Å². The van der Waals surface area contributed by atoms with Crippen molar-refractivity contribution in [2.24, 2.45) is 0 Å². The maximum atomic E-state index is 12.4. The SMILES string of the molecule is CN(C)[C@@H](CNC(=O)Cc1ccc(NC(=O)OC(C)(C)C)cc1)Cc1ccccc1. The molecule has 0 heterocycles. The zero-order chi connectivity index (χ0) is 22.1. The molecule has 2 aromatic carbocycles. The van der Waals surface area contributed by atoms with Gasteiger partial charge in [-0.3, -0.25) is 10.1 Å². The predicted molar refractivity (Wildman–Crippen MR) is 121 cm³/mol. The van der Waals surface area contributed by atoms with Crippen molar-refractivity contribution in [2.75, 3.05) is 26.0 Å². The first-order valence-corrected chi connectivity index (χ1v) is 10.2. The number of nitrogens with zero attached hydrogens (tertiary/aromatic N) is 1. The second-order valence-corrected chi connectivity index (χ2v) is 8.61. The molecule has 6 heteroatoms. The average Bonchev–Trinajstić information content (AvgIpc) is 2.65. The number of likely N-dealkylation sites (N-methyl/N-ethyl adjacent to an activating group) is 1. The molecule has 0 saturated heterocycles. The van der Waals surface area contributed by atoms with E-state index in [1.165, 1.54) is 5.56 Å². The van der Waals surface area contributed by atoms with Crippen LogP contribution in [0, 0.1) is 0 Å². The van der Waals surface area contributed by atoms with Gasteiger partial charge >= 0.3 is 6.09 Å². The minimum atomic E-state index is -0.549. The number of benzene rings is 2. The second kappa shape index (κ2) is 10.8. The Labute approximate surface area is 179 Å². The van der Waals surface area contributed by atoms with E-state index in [9.17, 15) is 9.59 Å². The fourth-order valence-electron chi connectivity index (χ4n) is 2.93. The van der Waals surface area contributed by atoms with Crippen LogP contribution in [0.2, 0.25) is 0 Å². The first-order chi connectivity index (χ1) is 14.1. The van der Waals surface area contributed by atoms with Crippen LogP contribution in [0.5, 0.6) is 0 Å². The molecule has 0 bridgehead atoms. The van der Waals surface area contributed by atoms with E-state index in [1.807, 2.05) is 65.2 Å². The lowest BCUT2D eigenvalue weighted by Gasteiger charge is -2.25. The van der Waals surface area contributed by atoms with Gasteiger partial charge in [0.05, 0.1) is 6.42 Å². The summed E-state index contributed by atoms with van der Waals surface area (Å²) >= 11 is 0. The summed E-state index contributed by atoms with van der Waals surface area (Å²) in [4.78, 5) is 26.3. The van der Waals surface area contributed by atoms with Crippen LogP contribution < -0.4 is 10.6 Å². The molecule has 2 N–H and O–H groups in total. The van der Waals surface area contributed by atoms with Crippen molar-refractivity contribution < 1.29 is 14.3 Å². The highest BCUT2D eigenvalue weighted by molar-refractivity contribution is 5.85. The van der Waals surface area contributed by atoms with E-state index < -0.39 is 11.7 Å².